The molecule has 0 fully saturated rings. The van der Waals surface area contributed by atoms with Crippen LogP contribution >= 0.6 is 0 Å². The maximum atomic E-state index is 14.2. The molecule has 0 aliphatic carbocycles. The number of nitrogen functional groups attached to an aromatic ring is 2. The number of alkyl halides is 9. The van der Waals surface area contributed by atoms with Gasteiger partial charge in [0.25, 0.3) is 0 Å². The van der Waals surface area contributed by atoms with Crippen molar-refractivity contribution in [3.63, 3.8) is 0 Å². The Balaban J connectivity index is 2.23. The lowest BCUT2D eigenvalue weighted by molar-refractivity contribution is -0.140. The van der Waals surface area contributed by atoms with Crippen molar-refractivity contribution in [1.29, 1.82) is 0 Å². The summed E-state index contributed by atoms with van der Waals surface area (Å²) in [6.07, 6.45) is -16.6. The first-order valence-corrected chi connectivity index (χ1v) is 9.49. The first kappa shape index (κ1) is 28.5. The van der Waals surface area contributed by atoms with Crippen molar-refractivity contribution in [2.75, 3.05) is 11.5 Å². The lowest BCUT2D eigenvalue weighted by Gasteiger charge is -2.20. The van der Waals surface area contributed by atoms with Crippen LogP contribution in [0.4, 0.5) is 68.5 Å². The smallest absolute Gasteiger partial charge is 0.422 e. The van der Waals surface area contributed by atoms with Gasteiger partial charge in [-0.25, -0.2) is 17.6 Å². The standard InChI is InChI=1S/C21H9F13N2O2/c22-8-4-10(24)17(13(15(8)35)20(29,30)31)37-6-1-2-7(19(26,27)28)12(3-6)38-18-11(25)5-9(23)16(36)14(18)21(32,33)34/h1-5H,35-36H2. The number of ether oxygens (including phenoxy) is 2. The molecule has 0 spiro atoms. The molecule has 38 heavy (non-hydrogen) atoms. The monoisotopic (exact) mass is 568 g/mol. The largest absolute Gasteiger partial charge is 0.453 e. The first-order valence-electron chi connectivity index (χ1n) is 9.49. The average Bonchev–Trinajstić information content (AvgIpc) is 2.73. The number of nitrogens with two attached hydrogens (primary N) is 2. The van der Waals surface area contributed by atoms with Crippen LogP contribution in [0.25, 0.3) is 0 Å². The Kier molecular flexibility index (Phi) is 7.02. The second-order valence-electron chi connectivity index (χ2n) is 7.27. The van der Waals surface area contributed by atoms with Gasteiger partial charge < -0.3 is 20.9 Å². The SMILES string of the molecule is Nc1c(F)cc(F)c(Oc2ccc(C(F)(F)F)c(Oc3c(F)cc(F)c(N)c3C(F)(F)F)c2)c1C(F)(F)F. The molecule has 0 atom stereocenters. The molecule has 3 aromatic rings. The Hall–Kier alpha value is -4.05. The van der Waals surface area contributed by atoms with E-state index in [-0.39, 0.29) is 24.3 Å². The minimum absolute atomic E-state index is 0.0285. The van der Waals surface area contributed by atoms with Crippen LogP contribution in [0.5, 0.6) is 23.0 Å². The highest BCUT2D eigenvalue weighted by Crippen LogP contribution is 2.49. The predicted octanol–water partition coefficient (Wildman–Crippen LogP) is 8.05. The Morgan fingerprint density at radius 3 is 1.34 bits per heavy atom. The summed E-state index contributed by atoms with van der Waals surface area (Å²) in [7, 11) is 0. The maximum Gasteiger partial charge on any atom is 0.422 e. The molecular formula is C21H9F13N2O2. The molecule has 3 rings (SSSR count). The van der Waals surface area contributed by atoms with Crippen molar-refractivity contribution in [3.8, 4) is 23.0 Å². The Labute approximate surface area is 202 Å². The number of rotatable bonds is 4. The highest BCUT2D eigenvalue weighted by molar-refractivity contribution is 5.60. The molecular weight excluding hydrogens is 559 g/mol. The van der Waals surface area contributed by atoms with Gasteiger partial charge in [-0.2, -0.15) is 39.5 Å². The zero-order valence-corrected chi connectivity index (χ0v) is 17.8. The fraction of sp³-hybridized carbons (Fsp3) is 0.143. The van der Waals surface area contributed by atoms with Gasteiger partial charge in [-0.05, 0) is 12.1 Å². The van der Waals surface area contributed by atoms with Crippen molar-refractivity contribution >= 4 is 11.4 Å². The van der Waals surface area contributed by atoms with E-state index in [4.69, 9.17) is 11.5 Å². The molecule has 3 aromatic carbocycles. The quantitative estimate of drug-likeness (QED) is 0.247. The summed E-state index contributed by atoms with van der Waals surface area (Å²) in [4.78, 5) is 0. The number of halogens is 13. The van der Waals surface area contributed by atoms with Crippen LogP contribution in [0.2, 0.25) is 0 Å². The van der Waals surface area contributed by atoms with E-state index in [1.807, 2.05) is 0 Å². The van der Waals surface area contributed by atoms with E-state index in [2.05, 4.69) is 9.47 Å². The zero-order chi connectivity index (χ0) is 29.0. The van der Waals surface area contributed by atoms with E-state index in [0.29, 0.717) is 6.07 Å². The van der Waals surface area contributed by atoms with Crippen LogP contribution in [0.3, 0.4) is 0 Å². The Morgan fingerprint density at radius 2 is 0.947 bits per heavy atom. The number of hydrogen-bond donors (Lipinski definition) is 2. The van der Waals surface area contributed by atoms with Gasteiger partial charge >= 0.3 is 18.5 Å². The van der Waals surface area contributed by atoms with Crippen molar-refractivity contribution in [2.45, 2.75) is 18.5 Å². The molecule has 0 saturated carbocycles. The minimum atomic E-state index is -5.66. The van der Waals surface area contributed by atoms with E-state index in [9.17, 15) is 57.1 Å². The van der Waals surface area contributed by atoms with Gasteiger partial charge in [-0.1, -0.05) is 0 Å². The predicted molar refractivity (Wildman–Crippen MR) is 103 cm³/mol. The topological polar surface area (TPSA) is 70.5 Å². The fourth-order valence-corrected chi connectivity index (χ4v) is 3.11. The van der Waals surface area contributed by atoms with Crippen LogP contribution in [0, 0.1) is 23.3 Å². The summed E-state index contributed by atoms with van der Waals surface area (Å²) in [5.41, 5.74) is 0.136. The van der Waals surface area contributed by atoms with Crippen molar-refractivity contribution in [1.82, 2.24) is 0 Å². The summed E-state index contributed by atoms with van der Waals surface area (Å²) < 4.78 is 186. The van der Waals surface area contributed by atoms with Crippen LogP contribution < -0.4 is 20.9 Å². The van der Waals surface area contributed by atoms with Gasteiger partial charge in [-0.3, -0.25) is 0 Å². The third-order valence-electron chi connectivity index (χ3n) is 4.71. The van der Waals surface area contributed by atoms with Gasteiger partial charge in [0.1, 0.15) is 34.3 Å². The van der Waals surface area contributed by atoms with Gasteiger partial charge in [0, 0.05) is 18.2 Å². The average molecular weight is 568 g/mol. The van der Waals surface area contributed by atoms with Gasteiger partial charge in [0.2, 0.25) is 0 Å². The molecule has 0 amide bonds. The molecule has 0 bridgehead atoms. The van der Waals surface area contributed by atoms with E-state index >= 15 is 0 Å². The molecule has 0 heterocycles. The van der Waals surface area contributed by atoms with E-state index in [1.54, 1.807) is 0 Å². The summed E-state index contributed by atoms with van der Waals surface area (Å²) >= 11 is 0. The van der Waals surface area contributed by atoms with E-state index in [0.717, 1.165) is 0 Å². The number of benzene rings is 3. The molecule has 0 aliphatic rings. The minimum Gasteiger partial charge on any atom is -0.453 e. The molecule has 0 aromatic heterocycles. The van der Waals surface area contributed by atoms with Crippen LogP contribution in [-0.2, 0) is 18.5 Å². The second-order valence-corrected chi connectivity index (χ2v) is 7.27. The van der Waals surface area contributed by atoms with Crippen molar-refractivity contribution in [2.24, 2.45) is 0 Å². The number of anilines is 2. The van der Waals surface area contributed by atoms with Crippen molar-refractivity contribution < 1.29 is 66.5 Å². The fourth-order valence-electron chi connectivity index (χ4n) is 3.11. The third kappa shape index (κ3) is 5.45. The molecule has 17 heteroatoms. The summed E-state index contributed by atoms with van der Waals surface area (Å²) in [6.45, 7) is 0. The summed E-state index contributed by atoms with van der Waals surface area (Å²) in [6, 6.07) is 0.00418. The maximum absolute atomic E-state index is 14.2. The normalized spacial score (nSPS) is 12.6. The third-order valence-corrected chi connectivity index (χ3v) is 4.71. The molecule has 0 aliphatic heterocycles. The molecule has 0 saturated heterocycles. The van der Waals surface area contributed by atoms with Gasteiger partial charge in [0.15, 0.2) is 23.1 Å². The second kappa shape index (κ2) is 9.36. The van der Waals surface area contributed by atoms with Crippen LogP contribution in [0.15, 0.2) is 30.3 Å². The van der Waals surface area contributed by atoms with E-state index < -0.39 is 92.9 Å². The van der Waals surface area contributed by atoms with Crippen molar-refractivity contribution in [3.05, 3.63) is 70.3 Å². The van der Waals surface area contributed by atoms with E-state index in [1.165, 1.54) is 0 Å². The number of hydrogen-bond acceptors (Lipinski definition) is 4. The highest BCUT2D eigenvalue weighted by Gasteiger charge is 2.43. The molecule has 4 nitrogen and oxygen atoms in total. The Bertz CT molecular complexity index is 1400. The van der Waals surface area contributed by atoms with Crippen LogP contribution in [0.1, 0.15) is 16.7 Å². The first-order chi connectivity index (χ1) is 17.2. The Morgan fingerprint density at radius 1 is 0.526 bits per heavy atom. The zero-order valence-electron chi connectivity index (χ0n) is 17.8. The lowest BCUT2D eigenvalue weighted by Crippen LogP contribution is -2.15. The van der Waals surface area contributed by atoms with Crippen LogP contribution in [-0.4, -0.2) is 0 Å². The summed E-state index contributed by atoms with van der Waals surface area (Å²) in [5.74, 6) is -14.6. The molecule has 0 unspecified atom stereocenters. The van der Waals surface area contributed by atoms with Gasteiger partial charge in [0.05, 0.1) is 16.9 Å². The molecule has 4 N–H and O–H groups in total. The lowest BCUT2D eigenvalue weighted by atomic mass is 10.1. The molecule has 0 radical (unpaired) electrons. The summed E-state index contributed by atoms with van der Waals surface area (Å²) in [5, 5.41) is 0. The highest BCUT2D eigenvalue weighted by atomic mass is 19.4. The molecule has 206 valence electrons. The van der Waals surface area contributed by atoms with Gasteiger partial charge in [-0.15, -0.1) is 0 Å².